The van der Waals surface area contributed by atoms with Crippen LogP contribution in [-0.2, 0) is 14.3 Å². The highest BCUT2D eigenvalue weighted by molar-refractivity contribution is 7.11. The summed E-state index contributed by atoms with van der Waals surface area (Å²) in [4.78, 5) is 25.8. The molecule has 0 N–H and O–H groups in total. The van der Waals surface area contributed by atoms with Crippen LogP contribution >= 0.6 is 11.3 Å². The minimum atomic E-state index is -0.376. The molecule has 0 atom stereocenters. The minimum absolute atomic E-state index is 0.00304. The van der Waals surface area contributed by atoms with E-state index in [1.165, 1.54) is 11.0 Å². The second kappa shape index (κ2) is 7.74. The standard InChI is InChI=1S/C14H19NO3S/c1-4-15(10-14(17)18-5-2)13(16)7-6-12-11(3)8-9-19-12/h6-9H,4-5,10H2,1-3H3/b7-6+. The Morgan fingerprint density at radius 2 is 2.16 bits per heavy atom. The van der Waals surface area contributed by atoms with Crippen molar-refractivity contribution in [3.05, 3.63) is 28.0 Å². The second-order valence-electron chi connectivity index (χ2n) is 3.96. The molecule has 104 valence electrons. The van der Waals surface area contributed by atoms with Gasteiger partial charge >= 0.3 is 5.97 Å². The van der Waals surface area contributed by atoms with Gasteiger partial charge in [0.2, 0.25) is 5.91 Å². The largest absolute Gasteiger partial charge is 0.465 e. The number of aryl methyl sites for hydroxylation is 1. The van der Waals surface area contributed by atoms with E-state index in [1.807, 2.05) is 25.3 Å². The maximum Gasteiger partial charge on any atom is 0.325 e. The van der Waals surface area contributed by atoms with Gasteiger partial charge in [-0.25, -0.2) is 0 Å². The summed E-state index contributed by atoms with van der Waals surface area (Å²) in [7, 11) is 0. The predicted molar refractivity (Wildman–Crippen MR) is 77.0 cm³/mol. The van der Waals surface area contributed by atoms with Crippen molar-refractivity contribution in [1.29, 1.82) is 0 Å². The third-order valence-electron chi connectivity index (χ3n) is 2.60. The Labute approximate surface area is 117 Å². The topological polar surface area (TPSA) is 46.6 Å². The lowest BCUT2D eigenvalue weighted by molar-refractivity contribution is -0.147. The summed E-state index contributed by atoms with van der Waals surface area (Å²) in [5.41, 5.74) is 1.14. The third-order valence-corrected chi connectivity index (χ3v) is 3.58. The lowest BCUT2D eigenvalue weighted by Gasteiger charge is -2.17. The number of carbonyl (C=O) groups excluding carboxylic acids is 2. The summed E-state index contributed by atoms with van der Waals surface area (Å²) in [6.07, 6.45) is 3.29. The number of likely N-dealkylation sites (N-methyl/N-ethyl adjacent to an activating group) is 1. The zero-order chi connectivity index (χ0) is 14.3. The van der Waals surface area contributed by atoms with Gasteiger partial charge in [0.15, 0.2) is 0 Å². The normalized spacial score (nSPS) is 10.7. The lowest BCUT2D eigenvalue weighted by atomic mass is 10.2. The second-order valence-corrected chi connectivity index (χ2v) is 4.91. The van der Waals surface area contributed by atoms with Gasteiger partial charge in [-0.1, -0.05) is 0 Å². The van der Waals surface area contributed by atoms with E-state index in [4.69, 9.17) is 4.74 Å². The molecule has 0 saturated carbocycles. The van der Waals surface area contributed by atoms with E-state index >= 15 is 0 Å². The Bertz CT molecular complexity index is 465. The first-order chi connectivity index (χ1) is 9.08. The minimum Gasteiger partial charge on any atom is -0.465 e. The molecule has 4 nitrogen and oxygen atoms in total. The molecule has 0 aromatic carbocycles. The molecule has 0 radical (unpaired) electrons. The number of ether oxygens (including phenoxy) is 1. The van der Waals surface area contributed by atoms with Gasteiger partial charge in [0.1, 0.15) is 6.54 Å². The van der Waals surface area contributed by atoms with Crippen molar-refractivity contribution in [3.8, 4) is 0 Å². The number of esters is 1. The molecule has 5 heteroatoms. The SMILES string of the molecule is CCOC(=O)CN(CC)C(=O)/C=C/c1sccc1C. The van der Waals surface area contributed by atoms with Crippen LogP contribution in [0.1, 0.15) is 24.3 Å². The van der Waals surface area contributed by atoms with Crippen LogP contribution in [0.3, 0.4) is 0 Å². The summed E-state index contributed by atoms with van der Waals surface area (Å²) >= 11 is 1.58. The molecule has 0 saturated heterocycles. The Morgan fingerprint density at radius 3 is 2.68 bits per heavy atom. The average Bonchev–Trinajstić information content (AvgIpc) is 2.79. The highest BCUT2D eigenvalue weighted by atomic mass is 32.1. The van der Waals surface area contributed by atoms with Crippen molar-refractivity contribution < 1.29 is 14.3 Å². The van der Waals surface area contributed by atoms with Gasteiger partial charge in [-0.3, -0.25) is 9.59 Å². The molecule has 0 bridgehead atoms. The molecule has 0 aliphatic rings. The number of thiophene rings is 1. The van der Waals surface area contributed by atoms with E-state index in [0.717, 1.165) is 10.4 Å². The lowest BCUT2D eigenvalue weighted by Crippen LogP contribution is -2.35. The first-order valence-corrected chi connectivity index (χ1v) is 7.13. The fourth-order valence-corrected chi connectivity index (χ4v) is 2.33. The summed E-state index contributed by atoms with van der Waals surface area (Å²) in [5.74, 6) is -0.554. The van der Waals surface area contributed by atoms with E-state index in [1.54, 1.807) is 24.3 Å². The average molecular weight is 281 g/mol. The molecular weight excluding hydrogens is 262 g/mol. The van der Waals surface area contributed by atoms with Crippen LogP contribution in [0.4, 0.5) is 0 Å². The van der Waals surface area contributed by atoms with Gasteiger partial charge in [0.05, 0.1) is 6.61 Å². The summed E-state index contributed by atoms with van der Waals surface area (Å²) in [6.45, 7) is 6.38. The molecule has 0 fully saturated rings. The number of hydrogen-bond acceptors (Lipinski definition) is 4. The van der Waals surface area contributed by atoms with Crippen molar-refractivity contribution >= 4 is 29.3 Å². The van der Waals surface area contributed by atoms with E-state index in [-0.39, 0.29) is 18.4 Å². The van der Waals surface area contributed by atoms with Crippen LogP contribution in [0, 0.1) is 6.92 Å². The molecule has 19 heavy (non-hydrogen) atoms. The van der Waals surface area contributed by atoms with E-state index in [2.05, 4.69) is 0 Å². The highest BCUT2D eigenvalue weighted by Crippen LogP contribution is 2.17. The zero-order valence-corrected chi connectivity index (χ0v) is 12.3. The number of carbonyl (C=O) groups is 2. The van der Waals surface area contributed by atoms with Crippen LogP contribution in [0.25, 0.3) is 6.08 Å². The molecule has 1 aromatic heterocycles. The maximum absolute atomic E-state index is 12.0. The third kappa shape index (κ3) is 4.87. The van der Waals surface area contributed by atoms with Gasteiger partial charge in [0.25, 0.3) is 0 Å². The van der Waals surface area contributed by atoms with Crippen LogP contribution in [0.2, 0.25) is 0 Å². The Morgan fingerprint density at radius 1 is 1.42 bits per heavy atom. The van der Waals surface area contributed by atoms with E-state index in [9.17, 15) is 9.59 Å². The molecule has 0 unspecified atom stereocenters. The van der Waals surface area contributed by atoms with Crippen molar-refractivity contribution in [2.75, 3.05) is 19.7 Å². The predicted octanol–water partition coefficient (Wildman–Crippen LogP) is 2.48. The Hall–Kier alpha value is -1.62. The molecule has 1 heterocycles. The van der Waals surface area contributed by atoms with Crippen LogP contribution in [-0.4, -0.2) is 36.5 Å². The van der Waals surface area contributed by atoms with Crippen LogP contribution in [0.15, 0.2) is 17.5 Å². The molecule has 0 aliphatic heterocycles. The van der Waals surface area contributed by atoms with Crippen molar-refractivity contribution in [3.63, 3.8) is 0 Å². The molecule has 1 amide bonds. The fourth-order valence-electron chi connectivity index (χ4n) is 1.52. The monoisotopic (exact) mass is 281 g/mol. The maximum atomic E-state index is 12.0. The number of rotatable bonds is 6. The first kappa shape index (κ1) is 15.4. The van der Waals surface area contributed by atoms with Gasteiger partial charge in [-0.15, -0.1) is 11.3 Å². The quantitative estimate of drug-likeness (QED) is 0.594. The number of nitrogens with zero attached hydrogens (tertiary/aromatic N) is 1. The van der Waals surface area contributed by atoms with E-state index < -0.39 is 0 Å². The molecule has 0 aliphatic carbocycles. The fraction of sp³-hybridized carbons (Fsp3) is 0.429. The smallest absolute Gasteiger partial charge is 0.325 e. The number of amides is 1. The van der Waals surface area contributed by atoms with Crippen molar-refractivity contribution in [1.82, 2.24) is 4.90 Å². The number of hydrogen-bond donors (Lipinski definition) is 0. The van der Waals surface area contributed by atoms with Gasteiger partial charge < -0.3 is 9.64 Å². The van der Waals surface area contributed by atoms with Crippen LogP contribution < -0.4 is 0 Å². The molecular formula is C14H19NO3S. The van der Waals surface area contributed by atoms with Crippen LogP contribution in [0.5, 0.6) is 0 Å². The van der Waals surface area contributed by atoms with Gasteiger partial charge in [-0.05, 0) is 43.9 Å². The van der Waals surface area contributed by atoms with Crippen molar-refractivity contribution in [2.24, 2.45) is 0 Å². The van der Waals surface area contributed by atoms with E-state index in [0.29, 0.717) is 13.2 Å². The summed E-state index contributed by atoms with van der Waals surface area (Å²) in [6, 6.07) is 2.00. The molecule has 1 rings (SSSR count). The molecule has 1 aromatic rings. The first-order valence-electron chi connectivity index (χ1n) is 6.25. The highest BCUT2D eigenvalue weighted by Gasteiger charge is 2.13. The summed E-state index contributed by atoms with van der Waals surface area (Å²) < 4.78 is 4.84. The summed E-state index contributed by atoms with van der Waals surface area (Å²) in [5, 5.41) is 1.98. The molecule has 0 spiro atoms. The Balaban J connectivity index is 2.61. The van der Waals surface area contributed by atoms with Crippen molar-refractivity contribution in [2.45, 2.75) is 20.8 Å². The Kier molecular flexibility index (Phi) is 6.29. The van der Waals surface area contributed by atoms with Gasteiger partial charge in [0, 0.05) is 17.5 Å². The van der Waals surface area contributed by atoms with Gasteiger partial charge in [-0.2, -0.15) is 0 Å². The zero-order valence-electron chi connectivity index (χ0n) is 11.5.